The van der Waals surface area contributed by atoms with Crippen molar-refractivity contribution >= 4 is 23.6 Å². The van der Waals surface area contributed by atoms with Crippen molar-refractivity contribution in [2.45, 2.75) is 45.7 Å². The van der Waals surface area contributed by atoms with Crippen LogP contribution in [0.5, 0.6) is 5.75 Å². The highest BCUT2D eigenvalue weighted by molar-refractivity contribution is 6.21. The Hall–Kier alpha value is -3.68. The minimum atomic E-state index is -0.666. The van der Waals surface area contributed by atoms with E-state index < -0.39 is 6.04 Å². The van der Waals surface area contributed by atoms with Crippen molar-refractivity contribution in [3.63, 3.8) is 0 Å². The minimum absolute atomic E-state index is 0.106. The molecule has 0 fully saturated rings. The molecule has 2 aromatic carbocycles. The van der Waals surface area contributed by atoms with Gasteiger partial charge in [-0.2, -0.15) is 0 Å². The van der Waals surface area contributed by atoms with E-state index in [2.05, 4.69) is 5.32 Å². The molecule has 0 saturated carbocycles. The molecule has 0 aliphatic carbocycles. The number of carbonyl (C=O) groups is 4. The number of hydrogen-bond acceptors (Lipinski definition) is 5. The van der Waals surface area contributed by atoms with Crippen LogP contribution >= 0.6 is 0 Å². The summed E-state index contributed by atoms with van der Waals surface area (Å²) in [6.07, 6.45) is 1.22. The summed E-state index contributed by atoms with van der Waals surface area (Å²) in [4.78, 5) is 53.6. The lowest BCUT2D eigenvalue weighted by molar-refractivity contribution is -0.140. The van der Waals surface area contributed by atoms with Gasteiger partial charge in [-0.25, -0.2) is 0 Å². The maximum atomic E-state index is 13.2. The first-order chi connectivity index (χ1) is 16.4. The molecule has 8 heteroatoms. The van der Waals surface area contributed by atoms with E-state index in [0.717, 1.165) is 12.0 Å². The molecule has 1 aliphatic heterocycles. The monoisotopic (exact) mass is 465 g/mol. The smallest absolute Gasteiger partial charge is 0.261 e. The number of methoxy groups -OCH3 is 1. The lowest BCUT2D eigenvalue weighted by Crippen LogP contribution is -2.47. The Bertz CT molecular complexity index is 1020. The van der Waals surface area contributed by atoms with Crippen LogP contribution in [0, 0.1) is 0 Å². The molecule has 3 rings (SSSR count). The predicted molar refractivity (Wildman–Crippen MR) is 127 cm³/mol. The van der Waals surface area contributed by atoms with Crippen molar-refractivity contribution in [2.75, 3.05) is 20.2 Å². The fourth-order valence-corrected chi connectivity index (χ4v) is 3.88. The van der Waals surface area contributed by atoms with Gasteiger partial charge in [0.15, 0.2) is 0 Å². The van der Waals surface area contributed by atoms with Crippen molar-refractivity contribution in [1.29, 1.82) is 0 Å². The number of amides is 4. The second kappa shape index (κ2) is 11.4. The molecule has 2 aromatic rings. The van der Waals surface area contributed by atoms with E-state index in [-0.39, 0.29) is 43.1 Å². The Balaban J connectivity index is 1.66. The van der Waals surface area contributed by atoms with Gasteiger partial charge in [-0.05, 0) is 49.6 Å². The third kappa shape index (κ3) is 5.62. The Morgan fingerprint density at radius 3 is 2.21 bits per heavy atom. The summed E-state index contributed by atoms with van der Waals surface area (Å²) >= 11 is 0. The van der Waals surface area contributed by atoms with Crippen LogP contribution in [0.25, 0.3) is 0 Å². The van der Waals surface area contributed by atoms with Crippen LogP contribution in [-0.2, 0) is 16.1 Å². The molecule has 1 atom stereocenters. The summed E-state index contributed by atoms with van der Waals surface area (Å²) in [6.45, 7) is 4.61. The number of ether oxygens (including phenoxy) is 1. The fourth-order valence-electron chi connectivity index (χ4n) is 3.88. The molecule has 1 aliphatic rings. The number of fused-ring (bicyclic) bond motifs is 1. The molecule has 1 N–H and O–H groups in total. The molecular weight excluding hydrogens is 434 g/mol. The van der Waals surface area contributed by atoms with Crippen LogP contribution in [0.4, 0.5) is 0 Å². The zero-order valence-electron chi connectivity index (χ0n) is 19.9. The first kappa shape index (κ1) is 25.0. The van der Waals surface area contributed by atoms with Gasteiger partial charge in [-0.3, -0.25) is 24.1 Å². The first-order valence-corrected chi connectivity index (χ1v) is 11.5. The summed E-state index contributed by atoms with van der Waals surface area (Å²) in [5.74, 6) is -0.405. The molecule has 4 amide bonds. The number of imide groups is 1. The molecule has 0 radical (unpaired) electrons. The Kier molecular flexibility index (Phi) is 8.40. The fraction of sp³-hybridized carbons (Fsp3) is 0.385. The summed E-state index contributed by atoms with van der Waals surface area (Å²) in [6, 6.07) is 13.4. The highest BCUT2D eigenvalue weighted by atomic mass is 16.5. The number of carbonyl (C=O) groups excluding carboxylic acids is 4. The summed E-state index contributed by atoms with van der Waals surface area (Å²) in [5.41, 5.74) is 1.65. The summed E-state index contributed by atoms with van der Waals surface area (Å²) in [5, 5.41) is 2.84. The quantitative estimate of drug-likeness (QED) is 0.515. The third-order valence-corrected chi connectivity index (χ3v) is 5.88. The van der Waals surface area contributed by atoms with Crippen LogP contribution in [0.15, 0.2) is 48.5 Å². The lowest BCUT2D eigenvalue weighted by atomic mass is 10.1. The first-order valence-electron chi connectivity index (χ1n) is 11.5. The van der Waals surface area contributed by atoms with E-state index >= 15 is 0 Å². The van der Waals surface area contributed by atoms with Crippen molar-refractivity contribution in [3.05, 3.63) is 65.2 Å². The van der Waals surface area contributed by atoms with Crippen molar-refractivity contribution in [3.8, 4) is 5.75 Å². The molecule has 0 aromatic heterocycles. The van der Waals surface area contributed by atoms with E-state index in [1.165, 1.54) is 9.80 Å². The van der Waals surface area contributed by atoms with Crippen LogP contribution in [0.2, 0.25) is 0 Å². The molecule has 0 unspecified atom stereocenters. The van der Waals surface area contributed by atoms with Gasteiger partial charge < -0.3 is 15.0 Å². The van der Waals surface area contributed by atoms with Gasteiger partial charge >= 0.3 is 0 Å². The third-order valence-electron chi connectivity index (χ3n) is 5.88. The largest absolute Gasteiger partial charge is 0.497 e. The number of hydrogen-bond donors (Lipinski definition) is 1. The molecule has 0 saturated heterocycles. The Morgan fingerprint density at radius 2 is 1.65 bits per heavy atom. The maximum Gasteiger partial charge on any atom is 0.261 e. The molecule has 8 nitrogen and oxygen atoms in total. The van der Waals surface area contributed by atoms with Gasteiger partial charge in [0.2, 0.25) is 11.8 Å². The zero-order chi connectivity index (χ0) is 24.7. The van der Waals surface area contributed by atoms with Gasteiger partial charge in [0.25, 0.3) is 11.8 Å². The second-order valence-corrected chi connectivity index (χ2v) is 8.25. The number of rotatable bonds is 11. The average Bonchev–Trinajstić information content (AvgIpc) is 3.10. The second-order valence-electron chi connectivity index (χ2n) is 8.25. The number of benzene rings is 2. The topological polar surface area (TPSA) is 96.0 Å². The summed E-state index contributed by atoms with van der Waals surface area (Å²) in [7, 11) is 1.58. The van der Waals surface area contributed by atoms with Gasteiger partial charge in [0, 0.05) is 26.1 Å². The Morgan fingerprint density at radius 1 is 1.03 bits per heavy atom. The number of nitrogens with zero attached hydrogens (tertiary/aromatic N) is 2. The SMILES string of the molecule is CCCNC(=O)[C@@H](C)N(Cc1ccc(OC)cc1)C(=O)CCCN1C(=O)c2ccccc2C1=O. The van der Waals surface area contributed by atoms with Gasteiger partial charge in [0.05, 0.1) is 18.2 Å². The average molecular weight is 466 g/mol. The lowest BCUT2D eigenvalue weighted by Gasteiger charge is -2.29. The summed E-state index contributed by atoms with van der Waals surface area (Å²) < 4.78 is 5.19. The van der Waals surface area contributed by atoms with Crippen molar-refractivity contribution < 1.29 is 23.9 Å². The van der Waals surface area contributed by atoms with Crippen LogP contribution in [0.1, 0.15) is 59.4 Å². The Labute approximate surface area is 199 Å². The predicted octanol–water partition coefficient (Wildman–Crippen LogP) is 3.01. The van der Waals surface area contributed by atoms with Crippen LogP contribution in [-0.4, -0.2) is 59.7 Å². The molecule has 180 valence electrons. The zero-order valence-corrected chi connectivity index (χ0v) is 19.9. The molecule has 34 heavy (non-hydrogen) atoms. The molecule has 0 spiro atoms. The molecule has 0 bridgehead atoms. The van der Waals surface area contributed by atoms with E-state index in [4.69, 9.17) is 4.74 Å². The standard InChI is InChI=1S/C26H31N3O5/c1-4-15-27-24(31)18(2)29(17-19-11-13-20(34-3)14-12-19)23(30)10-7-16-28-25(32)21-8-5-6-9-22(21)26(28)33/h5-6,8-9,11-14,18H,4,7,10,15-17H2,1-3H3,(H,27,31)/t18-/m1/s1. The minimum Gasteiger partial charge on any atom is -0.497 e. The van der Waals surface area contributed by atoms with E-state index in [1.54, 1.807) is 38.3 Å². The highest BCUT2D eigenvalue weighted by Crippen LogP contribution is 2.23. The van der Waals surface area contributed by atoms with Crippen LogP contribution in [0.3, 0.4) is 0 Å². The normalized spacial score (nSPS) is 13.4. The molecule has 1 heterocycles. The van der Waals surface area contributed by atoms with Crippen molar-refractivity contribution in [2.24, 2.45) is 0 Å². The van der Waals surface area contributed by atoms with Gasteiger partial charge in [-0.1, -0.05) is 31.2 Å². The van der Waals surface area contributed by atoms with E-state index in [1.807, 2.05) is 31.2 Å². The number of nitrogens with one attached hydrogen (secondary N) is 1. The van der Waals surface area contributed by atoms with Gasteiger partial charge in [-0.15, -0.1) is 0 Å². The maximum absolute atomic E-state index is 13.2. The van der Waals surface area contributed by atoms with E-state index in [9.17, 15) is 19.2 Å². The highest BCUT2D eigenvalue weighted by Gasteiger charge is 2.35. The van der Waals surface area contributed by atoms with E-state index in [0.29, 0.717) is 29.8 Å². The van der Waals surface area contributed by atoms with Crippen LogP contribution < -0.4 is 10.1 Å². The molecular formula is C26H31N3O5. The van der Waals surface area contributed by atoms with Gasteiger partial charge in [0.1, 0.15) is 11.8 Å². The van der Waals surface area contributed by atoms with Crippen molar-refractivity contribution in [1.82, 2.24) is 15.1 Å².